The molecular formula is C21H11Cl2F2NO2S. The summed E-state index contributed by atoms with van der Waals surface area (Å²) in [7, 11) is -4.17. The second-order valence-electron chi connectivity index (χ2n) is 6.25. The van der Waals surface area contributed by atoms with E-state index < -0.39 is 21.5 Å². The molecule has 1 heterocycles. The van der Waals surface area contributed by atoms with Crippen LogP contribution in [-0.4, -0.2) is 13.4 Å². The molecule has 0 bridgehead atoms. The average Bonchev–Trinajstić information content (AvgIpc) is 2.66. The molecule has 3 aromatic carbocycles. The quantitative estimate of drug-likeness (QED) is 0.367. The van der Waals surface area contributed by atoms with Crippen LogP contribution in [0.2, 0.25) is 10.0 Å². The van der Waals surface area contributed by atoms with E-state index in [9.17, 15) is 17.2 Å². The number of benzene rings is 3. The van der Waals surface area contributed by atoms with Crippen molar-refractivity contribution in [1.82, 2.24) is 4.98 Å². The molecule has 4 rings (SSSR count). The zero-order valence-electron chi connectivity index (χ0n) is 14.5. The molecule has 0 aliphatic heterocycles. The van der Waals surface area contributed by atoms with Crippen molar-refractivity contribution in [2.75, 3.05) is 0 Å². The van der Waals surface area contributed by atoms with Gasteiger partial charge in [0.25, 0.3) is 0 Å². The van der Waals surface area contributed by atoms with E-state index in [1.807, 2.05) is 0 Å². The SMILES string of the molecule is O=S(=O)(c1cc(Cl)cc(Cl)c1)c1cnc2cc(F)ccc2c1-c1ccccc1F. The molecule has 0 amide bonds. The lowest BCUT2D eigenvalue weighted by Crippen LogP contribution is -2.06. The third-order valence-corrected chi connectivity index (χ3v) is 6.56. The standard InChI is InChI=1S/C21H11Cl2F2NO2S/c22-12-7-13(23)9-15(8-12)29(27,28)20-11-26-19-10-14(24)5-6-17(19)21(20)16-3-1-2-4-18(16)25/h1-11H. The minimum absolute atomic E-state index is 0.0539. The topological polar surface area (TPSA) is 47.0 Å². The molecule has 0 atom stereocenters. The molecule has 0 aliphatic rings. The van der Waals surface area contributed by atoms with E-state index in [-0.39, 0.29) is 36.5 Å². The van der Waals surface area contributed by atoms with Gasteiger partial charge in [0.1, 0.15) is 11.6 Å². The molecule has 29 heavy (non-hydrogen) atoms. The highest BCUT2D eigenvalue weighted by molar-refractivity contribution is 7.91. The Morgan fingerprint density at radius 1 is 0.862 bits per heavy atom. The van der Waals surface area contributed by atoms with Gasteiger partial charge in [-0.25, -0.2) is 17.2 Å². The summed E-state index contributed by atoms with van der Waals surface area (Å²) in [6.45, 7) is 0. The summed E-state index contributed by atoms with van der Waals surface area (Å²) in [6.07, 6.45) is 1.09. The Balaban J connectivity index is 2.11. The van der Waals surface area contributed by atoms with Gasteiger partial charge in [-0.3, -0.25) is 4.98 Å². The molecule has 0 radical (unpaired) electrons. The summed E-state index contributed by atoms with van der Waals surface area (Å²) in [5, 5.41) is 0.573. The first-order chi connectivity index (χ1) is 13.8. The highest BCUT2D eigenvalue weighted by Gasteiger charge is 2.26. The summed E-state index contributed by atoms with van der Waals surface area (Å²) in [5.74, 6) is -1.16. The molecule has 0 aliphatic carbocycles. The first kappa shape index (κ1) is 19.8. The van der Waals surface area contributed by atoms with E-state index in [4.69, 9.17) is 23.2 Å². The third kappa shape index (κ3) is 3.59. The minimum atomic E-state index is -4.17. The number of hydrogen-bond donors (Lipinski definition) is 0. The van der Waals surface area contributed by atoms with Crippen LogP contribution in [0.25, 0.3) is 22.0 Å². The van der Waals surface area contributed by atoms with Crippen molar-refractivity contribution in [3.05, 3.63) is 88.5 Å². The summed E-state index contributed by atoms with van der Waals surface area (Å²) in [5.41, 5.74) is 0.341. The third-order valence-electron chi connectivity index (χ3n) is 4.38. The number of aromatic nitrogens is 1. The lowest BCUT2D eigenvalue weighted by molar-refractivity contribution is 0.596. The molecule has 0 N–H and O–H groups in total. The molecule has 146 valence electrons. The normalized spacial score (nSPS) is 11.7. The van der Waals surface area contributed by atoms with Gasteiger partial charge in [-0.1, -0.05) is 41.4 Å². The van der Waals surface area contributed by atoms with Crippen molar-refractivity contribution in [3.8, 4) is 11.1 Å². The fraction of sp³-hybridized carbons (Fsp3) is 0. The highest BCUT2D eigenvalue weighted by Crippen LogP contribution is 2.38. The maximum Gasteiger partial charge on any atom is 0.208 e. The van der Waals surface area contributed by atoms with Gasteiger partial charge < -0.3 is 0 Å². The van der Waals surface area contributed by atoms with Gasteiger partial charge in [-0.2, -0.15) is 0 Å². The predicted octanol–water partition coefficient (Wildman–Crippen LogP) is 6.32. The van der Waals surface area contributed by atoms with Gasteiger partial charge in [0.05, 0.1) is 15.3 Å². The second kappa shape index (κ2) is 7.37. The van der Waals surface area contributed by atoms with Crippen LogP contribution >= 0.6 is 23.2 Å². The van der Waals surface area contributed by atoms with Crippen LogP contribution in [-0.2, 0) is 9.84 Å². The summed E-state index contributed by atoms with van der Waals surface area (Å²) < 4.78 is 55.1. The Kier molecular flexibility index (Phi) is 5.02. The number of hydrogen-bond acceptors (Lipinski definition) is 3. The van der Waals surface area contributed by atoms with Crippen LogP contribution in [0.15, 0.2) is 76.7 Å². The molecular weight excluding hydrogens is 439 g/mol. The first-order valence-electron chi connectivity index (χ1n) is 8.32. The molecule has 0 saturated heterocycles. The molecule has 3 nitrogen and oxygen atoms in total. The second-order valence-corrected chi connectivity index (χ2v) is 9.04. The molecule has 0 unspecified atom stereocenters. The number of pyridine rings is 1. The van der Waals surface area contributed by atoms with Gasteiger partial charge in [-0.05, 0) is 36.4 Å². The highest BCUT2D eigenvalue weighted by atomic mass is 35.5. The predicted molar refractivity (Wildman–Crippen MR) is 109 cm³/mol. The summed E-state index contributed by atoms with van der Waals surface area (Å²) in [6, 6.07) is 13.4. The molecule has 1 aromatic heterocycles. The molecule has 0 saturated carbocycles. The monoisotopic (exact) mass is 449 g/mol. The fourth-order valence-electron chi connectivity index (χ4n) is 3.10. The molecule has 0 fully saturated rings. The van der Waals surface area contributed by atoms with Crippen molar-refractivity contribution in [2.24, 2.45) is 0 Å². The van der Waals surface area contributed by atoms with Crippen LogP contribution in [0.1, 0.15) is 0 Å². The van der Waals surface area contributed by atoms with E-state index in [2.05, 4.69) is 4.98 Å². The molecule has 8 heteroatoms. The number of rotatable bonds is 3. The Morgan fingerprint density at radius 2 is 1.55 bits per heavy atom. The van der Waals surface area contributed by atoms with Crippen LogP contribution in [0.5, 0.6) is 0 Å². The van der Waals surface area contributed by atoms with E-state index in [1.165, 1.54) is 48.5 Å². The van der Waals surface area contributed by atoms with Gasteiger partial charge in [0.15, 0.2) is 0 Å². The lowest BCUT2D eigenvalue weighted by atomic mass is 10.0. The maximum atomic E-state index is 14.6. The van der Waals surface area contributed by atoms with E-state index >= 15 is 0 Å². The summed E-state index contributed by atoms with van der Waals surface area (Å²) in [4.78, 5) is 3.69. The Bertz CT molecular complexity index is 1350. The number of fused-ring (bicyclic) bond motifs is 1. The number of halogens is 4. The van der Waals surface area contributed by atoms with Gasteiger partial charge in [0.2, 0.25) is 9.84 Å². The largest absolute Gasteiger partial charge is 0.255 e. The smallest absolute Gasteiger partial charge is 0.208 e. The zero-order chi connectivity index (χ0) is 20.8. The minimum Gasteiger partial charge on any atom is -0.255 e. The summed E-state index contributed by atoms with van der Waals surface area (Å²) >= 11 is 11.9. The van der Waals surface area contributed by atoms with Gasteiger partial charge in [-0.15, -0.1) is 0 Å². The maximum absolute atomic E-state index is 14.6. The Labute approximate surface area is 175 Å². The van der Waals surface area contributed by atoms with Crippen molar-refractivity contribution in [3.63, 3.8) is 0 Å². The van der Waals surface area contributed by atoms with E-state index in [1.54, 1.807) is 6.07 Å². The Hall–Kier alpha value is -2.54. The van der Waals surface area contributed by atoms with Crippen LogP contribution in [0.3, 0.4) is 0 Å². The van der Waals surface area contributed by atoms with Gasteiger partial charge >= 0.3 is 0 Å². The van der Waals surface area contributed by atoms with Crippen LogP contribution in [0, 0.1) is 11.6 Å². The van der Waals surface area contributed by atoms with Crippen LogP contribution < -0.4 is 0 Å². The Morgan fingerprint density at radius 3 is 2.24 bits per heavy atom. The van der Waals surface area contributed by atoms with E-state index in [0.717, 1.165) is 12.3 Å². The zero-order valence-corrected chi connectivity index (χ0v) is 16.9. The number of nitrogens with zero attached hydrogens (tertiary/aromatic N) is 1. The van der Waals surface area contributed by atoms with Crippen molar-refractivity contribution in [1.29, 1.82) is 0 Å². The van der Waals surface area contributed by atoms with Crippen molar-refractivity contribution < 1.29 is 17.2 Å². The van der Waals surface area contributed by atoms with Crippen molar-refractivity contribution in [2.45, 2.75) is 9.79 Å². The van der Waals surface area contributed by atoms with E-state index in [0.29, 0.717) is 5.39 Å². The molecule has 0 spiro atoms. The number of sulfone groups is 1. The first-order valence-corrected chi connectivity index (χ1v) is 10.6. The lowest BCUT2D eigenvalue weighted by Gasteiger charge is -2.15. The van der Waals surface area contributed by atoms with Crippen molar-refractivity contribution >= 4 is 43.9 Å². The van der Waals surface area contributed by atoms with Crippen LogP contribution in [0.4, 0.5) is 8.78 Å². The fourth-order valence-corrected chi connectivity index (χ4v) is 5.26. The molecule has 4 aromatic rings. The average molecular weight is 450 g/mol. The van der Waals surface area contributed by atoms with Gasteiger partial charge in [0, 0.05) is 38.8 Å².